The number of fused-ring (bicyclic) bond motifs is 1. The van der Waals surface area contributed by atoms with Crippen molar-refractivity contribution < 1.29 is 0 Å². The third-order valence-corrected chi connectivity index (χ3v) is 3.31. The molecule has 0 fully saturated rings. The first-order valence-corrected chi connectivity index (χ1v) is 7.09. The zero-order chi connectivity index (χ0) is 16.2. The van der Waals surface area contributed by atoms with E-state index in [9.17, 15) is 0 Å². The van der Waals surface area contributed by atoms with Crippen LogP contribution < -0.4 is 11.1 Å². The number of aromatic nitrogens is 3. The monoisotopic (exact) mass is 298 g/mol. The first-order chi connectivity index (χ1) is 10.5. The Hall–Kier alpha value is -2.63. The smallest absolute Gasteiger partial charge is 0.129 e. The van der Waals surface area contributed by atoms with Crippen molar-refractivity contribution in [3.63, 3.8) is 0 Å². The van der Waals surface area contributed by atoms with Crippen LogP contribution in [0.1, 0.15) is 20.3 Å². The molecule has 1 aromatic heterocycles. The van der Waals surface area contributed by atoms with Crippen molar-refractivity contribution in [3.8, 4) is 0 Å². The molecule has 22 heavy (non-hydrogen) atoms. The van der Waals surface area contributed by atoms with E-state index in [1.165, 1.54) is 0 Å². The lowest BCUT2D eigenvalue weighted by molar-refractivity contribution is 0.462. The summed E-state index contributed by atoms with van der Waals surface area (Å²) in [4.78, 5) is 4.31. The minimum atomic E-state index is -0.155. The maximum Gasteiger partial charge on any atom is 0.129 e. The maximum absolute atomic E-state index is 6.17. The van der Waals surface area contributed by atoms with Crippen LogP contribution in [0.5, 0.6) is 0 Å². The lowest BCUT2D eigenvalue weighted by Gasteiger charge is -2.25. The van der Waals surface area contributed by atoms with Gasteiger partial charge >= 0.3 is 0 Å². The summed E-state index contributed by atoms with van der Waals surface area (Å²) >= 11 is 0. The Morgan fingerprint density at radius 3 is 2.86 bits per heavy atom. The van der Waals surface area contributed by atoms with Crippen molar-refractivity contribution in [1.82, 2.24) is 20.3 Å². The van der Waals surface area contributed by atoms with Gasteiger partial charge in [0.2, 0.25) is 0 Å². The zero-order valence-corrected chi connectivity index (χ0v) is 13.2. The average molecular weight is 298 g/mol. The Balaban J connectivity index is 2.28. The summed E-state index contributed by atoms with van der Waals surface area (Å²) in [7, 11) is 1.75. The van der Waals surface area contributed by atoms with Gasteiger partial charge in [0.1, 0.15) is 11.3 Å². The summed E-state index contributed by atoms with van der Waals surface area (Å²) in [5.74, 6) is 0.490. The van der Waals surface area contributed by atoms with E-state index in [4.69, 9.17) is 5.73 Å². The molecular weight excluding hydrogens is 276 g/mol. The largest absolute Gasteiger partial charge is 0.386 e. The van der Waals surface area contributed by atoms with Crippen molar-refractivity contribution in [3.05, 3.63) is 43.1 Å². The number of hydrogen-bond donors (Lipinski definition) is 2. The number of nitrogens with one attached hydrogen (secondary N) is 1. The first kappa shape index (κ1) is 15.8. The molecule has 0 saturated heterocycles. The number of allylic oxidation sites excluding steroid dienone is 1. The van der Waals surface area contributed by atoms with Crippen LogP contribution in [0, 0.1) is 0 Å². The second-order valence-electron chi connectivity index (χ2n) is 5.68. The molecule has 2 aromatic rings. The van der Waals surface area contributed by atoms with E-state index in [0.717, 1.165) is 16.7 Å². The molecule has 0 unspecified atom stereocenters. The van der Waals surface area contributed by atoms with Gasteiger partial charge in [-0.2, -0.15) is 4.68 Å². The Morgan fingerprint density at radius 2 is 2.18 bits per heavy atom. The third-order valence-electron chi connectivity index (χ3n) is 3.31. The van der Waals surface area contributed by atoms with E-state index in [2.05, 4.69) is 41.0 Å². The quantitative estimate of drug-likeness (QED) is 0.801. The molecule has 0 amide bonds. The predicted molar refractivity (Wildman–Crippen MR) is 91.4 cm³/mol. The van der Waals surface area contributed by atoms with E-state index in [1.807, 2.05) is 30.3 Å². The van der Waals surface area contributed by atoms with Crippen LogP contribution in [0.3, 0.4) is 0 Å². The van der Waals surface area contributed by atoms with E-state index in [0.29, 0.717) is 12.2 Å². The normalized spacial score (nSPS) is 13.4. The van der Waals surface area contributed by atoms with Crippen LogP contribution in [0.25, 0.3) is 16.9 Å². The fourth-order valence-corrected chi connectivity index (χ4v) is 2.27. The van der Waals surface area contributed by atoms with Crippen LogP contribution in [-0.4, -0.2) is 33.3 Å². The molecule has 0 spiro atoms. The fourth-order valence-electron chi connectivity index (χ4n) is 2.27. The SMILES string of the molecule is C=CNC(C)(C)CC(C=C(N)n1nnc2ccccc21)=NC. The Bertz CT molecular complexity index is 723. The van der Waals surface area contributed by atoms with Crippen molar-refractivity contribution in [1.29, 1.82) is 0 Å². The minimum absolute atomic E-state index is 0.155. The van der Waals surface area contributed by atoms with Crippen molar-refractivity contribution in [2.45, 2.75) is 25.8 Å². The van der Waals surface area contributed by atoms with Gasteiger partial charge in [0.15, 0.2) is 0 Å². The molecule has 0 aliphatic heterocycles. The van der Waals surface area contributed by atoms with Gasteiger partial charge in [0.05, 0.1) is 5.52 Å². The highest BCUT2D eigenvalue weighted by Crippen LogP contribution is 2.14. The van der Waals surface area contributed by atoms with E-state index in [-0.39, 0.29) is 5.54 Å². The Labute approximate surface area is 130 Å². The van der Waals surface area contributed by atoms with Gasteiger partial charge in [0.25, 0.3) is 0 Å². The molecule has 0 atom stereocenters. The Morgan fingerprint density at radius 1 is 1.45 bits per heavy atom. The summed E-state index contributed by atoms with van der Waals surface area (Å²) in [5.41, 5.74) is 8.57. The van der Waals surface area contributed by atoms with Crippen LogP contribution in [0.15, 0.2) is 48.1 Å². The third kappa shape index (κ3) is 3.52. The van der Waals surface area contributed by atoms with Gasteiger partial charge in [-0.15, -0.1) is 5.10 Å². The summed E-state index contributed by atoms with van der Waals surface area (Å²) in [6.45, 7) is 7.86. The zero-order valence-electron chi connectivity index (χ0n) is 13.2. The van der Waals surface area contributed by atoms with Crippen molar-refractivity contribution >= 4 is 22.6 Å². The summed E-state index contributed by atoms with van der Waals surface area (Å²) in [6.07, 6.45) is 4.22. The van der Waals surface area contributed by atoms with Gasteiger partial charge in [-0.25, -0.2) is 0 Å². The van der Waals surface area contributed by atoms with Crippen LogP contribution in [0.4, 0.5) is 0 Å². The molecule has 6 nitrogen and oxygen atoms in total. The lowest BCUT2D eigenvalue weighted by atomic mass is 9.97. The summed E-state index contributed by atoms with van der Waals surface area (Å²) in [5, 5.41) is 11.4. The Kier molecular flexibility index (Phi) is 4.60. The highest BCUT2D eigenvalue weighted by Gasteiger charge is 2.18. The van der Waals surface area contributed by atoms with Gasteiger partial charge < -0.3 is 11.1 Å². The summed E-state index contributed by atoms with van der Waals surface area (Å²) < 4.78 is 1.62. The fraction of sp³-hybridized carbons (Fsp3) is 0.312. The number of rotatable bonds is 6. The molecule has 0 aliphatic carbocycles. The highest BCUT2D eigenvalue weighted by molar-refractivity contribution is 5.99. The molecule has 1 heterocycles. The molecule has 6 heteroatoms. The van der Waals surface area contributed by atoms with Crippen LogP contribution in [0.2, 0.25) is 0 Å². The second-order valence-corrected chi connectivity index (χ2v) is 5.68. The molecule has 0 radical (unpaired) electrons. The molecule has 0 aliphatic rings. The molecule has 116 valence electrons. The van der Waals surface area contributed by atoms with E-state index >= 15 is 0 Å². The molecule has 2 rings (SSSR count). The highest BCUT2D eigenvalue weighted by atomic mass is 15.4. The van der Waals surface area contributed by atoms with Gasteiger partial charge in [-0.05, 0) is 32.2 Å². The van der Waals surface area contributed by atoms with Crippen LogP contribution in [-0.2, 0) is 0 Å². The average Bonchev–Trinajstić information content (AvgIpc) is 2.90. The van der Waals surface area contributed by atoms with E-state index in [1.54, 1.807) is 17.9 Å². The van der Waals surface area contributed by atoms with Crippen molar-refractivity contribution in [2.24, 2.45) is 10.7 Å². The number of aliphatic imine (C=N–C) groups is 1. The number of hydrogen-bond acceptors (Lipinski definition) is 5. The molecule has 0 saturated carbocycles. The van der Waals surface area contributed by atoms with Crippen molar-refractivity contribution in [2.75, 3.05) is 7.05 Å². The molecule has 3 N–H and O–H groups in total. The molecular formula is C16H22N6. The maximum atomic E-state index is 6.17. The number of nitrogens with zero attached hydrogens (tertiary/aromatic N) is 4. The minimum Gasteiger partial charge on any atom is -0.386 e. The number of nitrogens with two attached hydrogens (primary N) is 1. The second kappa shape index (κ2) is 6.43. The standard InChI is InChI=1S/C16H22N6/c1-5-19-16(2,3)11-12(18-4)10-15(17)22-14-9-7-6-8-13(14)20-21-22/h5-10,19H,1,11,17H2,2-4H3. The first-order valence-electron chi connectivity index (χ1n) is 7.09. The topological polar surface area (TPSA) is 81.1 Å². The predicted octanol–water partition coefficient (Wildman–Crippen LogP) is 2.16. The number of para-hydroxylation sites is 1. The lowest BCUT2D eigenvalue weighted by Crippen LogP contribution is -2.37. The van der Waals surface area contributed by atoms with Gasteiger partial charge in [-0.1, -0.05) is 23.9 Å². The van der Waals surface area contributed by atoms with E-state index < -0.39 is 0 Å². The summed E-state index contributed by atoms with van der Waals surface area (Å²) in [6, 6.07) is 7.69. The molecule has 1 aromatic carbocycles. The van der Waals surface area contributed by atoms with Crippen LogP contribution >= 0.6 is 0 Å². The number of benzene rings is 1. The van der Waals surface area contributed by atoms with Gasteiger partial charge in [-0.3, -0.25) is 4.99 Å². The van der Waals surface area contributed by atoms with Gasteiger partial charge in [0, 0.05) is 30.8 Å². The molecule has 0 bridgehead atoms.